The Hall–Kier alpha value is -0.890. The van der Waals surface area contributed by atoms with Crippen molar-refractivity contribution >= 4 is 0 Å². The molecule has 0 radical (unpaired) electrons. The molecule has 0 fully saturated rings. The van der Waals surface area contributed by atoms with Crippen molar-refractivity contribution in [2.75, 3.05) is 6.54 Å². The molecule has 0 amide bonds. The fourth-order valence-corrected chi connectivity index (χ4v) is 1.44. The SMILES string of the molecule is Cc1cnccc1C(C)CCN. The van der Waals surface area contributed by atoms with Crippen LogP contribution < -0.4 is 5.73 Å². The summed E-state index contributed by atoms with van der Waals surface area (Å²) in [6.07, 6.45) is 4.79. The van der Waals surface area contributed by atoms with Gasteiger partial charge in [-0.2, -0.15) is 0 Å². The van der Waals surface area contributed by atoms with Gasteiger partial charge in [-0.05, 0) is 43.0 Å². The molecule has 1 aromatic heterocycles. The van der Waals surface area contributed by atoms with Crippen LogP contribution in [0.25, 0.3) is 0 Å². The van der Waals surface area contributed by atoms with Crippen LogP contribution in [-0.4, -0.2) is 11.5 Å². The number of pyridine rings is 1. The molecule has 0 aromatic carbocycles. The third-order valence-corrected chi connectivity index (χ3v) is 2.19. The molecular formula is C10H16N2. The second-order valence-electron chi connectivity index (χ2n) is 3.21. The van der Waals surface area contributed by atoms with Crippen LogP contribution >= 0.6 is 0 Å². The minimum atomic E-state index is 0.554. The number of aromatic nitrogens is 1. The maximum atomic E-state index is 5.50. The Morgan fingerprint density at radius 2 is 2.33 bits per heavy atom. The maximum Gasteiger partial charge on any atom is 0.0299 e. The fraction of sp³-hybridized carbons (Fsp3) is 0.500. The van der Waals surface area contributed by atoms with Crippen molar-refractivity contribution in [3.05, 3.63) is 29.6 Å². The highest BCUT2D eigenvalue weighted by Gasteiger charge is 2.06. The molecule has 1 aromatic rings. The number of nitrogens with two attached hydrogens (primary N) is 1. The van der Waals surface area contributed by atoms with Crippen LogP contribution in [0.4, 0.5) is 0 Å². The van der Waals surface area contributed by atoms with Crippen molar-refractivity contribution in [2.24, 2.45) is 5.73 Å². The number of aryl methyl sites for hydroxylation is 1. The van der Waals surface area contributed by atoms with Gasteiger partial charge < -0.3 is 5.73 Å². The van der Waals surface area contributed by atoms with Gasteiger partial charge in [-0.3, -0.25) is 4.98 Å². The van der Waals surface area contributed by atoms with Gasteiger partial charge in [-0.25, -0.2) is 0 Å². The zero-order valence-corrected chi connectivity index (χ0v) is 7.75. The van der Waals surface area contributed by atoms with Crippen molar-refractivity contribution < 1.29 is 0 Å². The largest absolute Gasteiger partial charge is 0.330 e. The van der Waals surface area contributed by atoms with E-state index in [4.69, 9.17) is 5.73 Å². The van der Waals surface area contributed by atoms with Gasteiger partial charge in [0, 0.05) is 12.4 Å². The van der Waals surface area contributed by atoms with Gasteiger partial charge in [0.25, 0.3) is 0 Å². The van der Waals surface area contributed by atoms with Crippen LogP contribution in [0.15, 0.2) is 18.5 Å². The Morgan fingerprint density at radius 1 is 1.58 bits per heavy atom. The minimum absolute atomic E-state index is 0.554. The highest BCUT2D eigenvalue weighted by molar-refractivity contribution is 5.25. The second-order valence-corrected chi connectivity index (χ2v) is 3.21. The summed E-state index contributed by atoms with van der Waals surface area (Å²) in [5, 5.41) is 0. The van der Waals surface area contributed by atoms with E-state index in [9.17, 15) is 0 Å². The molecule has 2 heteroatoms. The monoisotopic (exact) mass is 164 g/mol. The molecule has 0 saturated carbocycles. The van der Waals surface area contributed by atoms with E-state index in [0.29, 0.717) is 5.92 Å². The van der Waals surface area contributed by atoms with E-state index in [-0.39, 0.29) is 0 Å². The third kappa shape index (κ3) is 2.05. The molecule has 0 saturated heterocycles. The topological polar surface area (TPSA) is 38.9 Å². The Labute approximate surface area is 73.8 Å². The van der Waals surface area contributed by atoms with Gasteiger partial charge in [0.1, 0.15) is 0 Å². The highest BCUT2D eigenvalue weighted by atomic mass is 14.6. The second kappa shape index (κ2) is 4.21. The van der Waals surface area contributed by atoms with Crippen LogP contribution in [0.3, 0.4) is 0 Å². The first-order valence-corrected chi connectivity index (χ1v) is 4.36. The van der Waals surface area contributed by atoms with Gasteiger partial charge in [-0.15, -0.1) is 0 Å². The van der Waals surface area contributed by atoms with E-state index in [1.165, 1.54) is 11.1 Å². The lowest BCUT2D eigenvalue weighted by atomic mass is 9.95. The molecular weight excluding hydrogens is 148 g/mol. The van der Waals surface area contributed by atoms with Crippen LogP contribution in [-0.2, 0) is 0 Å². The lowest BCUT2D eigenvalue weighted by molar-refractivity contribution is 0.685. The summed E-state index contributed by atoms with van der Waals surface area (Å²) in [6, 6.07) is 2.08. The zero-order valence-electron chi connectivity index (χ0n) is 7.75. The summed E-state index contributed by atoms with van der Waals surface area (Å²) in [7, 11) is 0. The van der Waals surface area contributed by atoms with E-state index in [2.05, 4.69) is 24.9 Å². The first kappa shape index (κ1) is 9.20. The number of nitrogens with zero attached hydrogens (tertiary/aromatic N) is 1. The summed E-state index contributed by atoms with van der Waals surface area (Å²) in [5.41, 5.74) is 8.13. The van der Waals surface area contributed by atoms with Gasteiger partial charge in [0.15, 0.2) is 0 Å². The summed E-state index contributed by atoms with van der Waals surface area (Å²) < 4.78 is 0. The molecule has 0 bridgehead atoms. The van der Waals surface area contributed by atoms with Crippen molar-refractivity contribution in [3.8, 4) is 0 Å². The van der Waals surface area contributed by atoms with Gasteiger partial charge in [0.05, 0.1) is 0 Å². The minimum Gasteiger partial charge on any atom is -0.330 e. The third-order valence-electron chi connectivity index (χ3n) is 2.19. The molecule has 66 valence electrons. The standard InChI is InChI=1S/C10H16N2/c1-8(3-5-11)10-4-6-12-7-9(10)2/h4,6-8H,3,5,11H2,1-2H3. The maximum absolute atomic E-state index is 5.50. The van der Waals surface area contributed by atoms with E-state index >= 15 is 0 Å². The summed E-state index contributed by atoms with van der Waals surface area (Å²) in [6.45, 7) is 5.05. The smallest absolute Gasteiger partial charge is 0.0299 e. The number of hydrogen-bond donors (Lipinski definition) is 1. The molecule has 1 atom stereocenters. The summed E-state index contributed by atoms with van der Waals surface area (Å²) in [5.74, 6) is 0.554. The Kier molecular flexibility index (Phi) is 3.23. The summed E-state index contributed by atoms with van der Waals surface area (Å²) in [4.78, 5) is 4.06. The van der Waals surface area contributed by atoms with E-state index in [1.807, 2.05) is 12.4 Å². The van der Waals surface area contributed by atoms with E-state index < -0.39 is 0 Å². The van der Waals surface area contributed by atoms with E-state index in [1.54, 1.807) is 0 Å². The molecule has 12 heavy (non-hydrogen) atoms. The molecule has 0 spiro atoms. The Morgan fingerprint density at radius 3 is 2.92 bits per heavy atom. The summed E-state index contributed by atoms with van der Waals surface area (Å²) >= 11 is 0. The van der Waals surface area contributed by atoms with Crippen LogP contribution in [0, 0.1) is 6.92 Å². The van der Waals surface area contributed by atoms with Crippen molar-refractivity contribution in [2.45, 2.75) is 26.2 Å². The van der Waals surface area contributed by atoms with Gasteiger partial charge in [-0.1, -0.05) is 6.92 Å². The number of hydrogen-bond acceptors (Lipinski definition) is 2. The molecule has 0 aliphatic rings. The number of rotatable bonds is 3. The molecule has 2 N–H and O–H groups in total. The predicted octanol–water partition coefficient (Wildman–Crippen LogP) is 1.84. The molecule has 0 aliphatic heterocycles. The van der Waals surface area contributed by atoms with Crippen LogP contribution in [0.5, 0.6) is 0 Å². The lowest BCUT2D eigenvalue weighted by Gasteiger charge is -2.12. The van der Waals surface area contributed by atoms with Crippen LogP contribution in [0.2, 0.25) is 0 Å². The van der Waals surface area contributed by atoms with Crippen molar-refractivity contribution in [1.82, 2.24) is 4.98 Å². The lowest BCUT2D eigenvalue weighted by Crippen LogP contribution is -2.05. The fourth-order valence-electron chi connectivity index (χ4n) is 1.44. The first-order chi connectivity index (χ1) is 5.75. The molecule has 2 nitrogen and oxygen atoms in total. The highest BCUT2D eigenvalue weighted by Crippen LogP contribution is 2.20. The molecule has 1 unspecified atom stereocenters. The van der Waals surface area contributed by atoms with Crippen molar-refractivity contribution in [1.29, 1.82) is 0 Å². The van der Waals surface area contributed by atoms with Gasteiger partial charge in [0.2, 0.25) is 0 Å². The first-order valence-electron chi connectivity index (χ1n) is 4.36. The normalized spacial score (nSPS) is 12.9. The molecule has 0 aliphatic carbocycles. The average molecular weight is 164 g/mol. The zero-order chi connectivity index (χ0) is 8.97. The predicted molar refractivity (Wildman–Crippen MR) is 51.1 cm³/mol. The molecule has 1 rings (SSSR count). The average Bonchev–Trinajstić information content (AvgIpc) is 2.05. The van der Waals surface area contributed by atoms with E-state index in [0.717, 1.165) is 13.0 Å². The van der Waals surface area contributed by atoms with Crippen molar-refractivity contribution in [3.63, 3.8) is 0 Å². The Balaban J connectivity index is 2.79. The Bertz CT molecular complexity index is 245. The van der Waals surface area contributed by atoms with Gasteiger partial charge >= 0.3 is 0 Å². The van der Waals surface area contributed by atoms with Crippen LogP contribution in [0.1, 0.15) is 30.4 Å². The quantitative estimate of drug-likeness (QED) is 0.740. The molecule has 1 heterocycles.